The Hall–Kier alpha value is -2.03. The van der Waals surface area contributed by atoms with Crippen LogP contribution in [0.1, 0.15) is 41.0 Å². The van der Waals surface area contributed by atoms with Gasteiger partial charge in [-0.25, -0.2) is 0 Å². The lowest BCUT2D eigenvalue weighted by molar-refractivity contribution is 0.415. The maximum absolute atomic E-state index is 5.46. The second-order valence-corrected chi connectivity index (χ2v) is 5.65. The summed E-state index contributed by atoms with van der Waals surface area (Å²) in [5.74, 6) is 0.872. The molecular formula is C18H24N2O. The van der Waals surface area contributed by atoms with Gasteiger partial charge in [0.05, 0.1) is 18.8 Å². The molecule has 1 aromatic carbocycles. The fourth-order valence-electron chi connectivity index (χ4n) is 2.91. The molecule has 1 heterocycles. The van der Waals surface area contributed by atoms with Crippen LogP contribution in [0.3, 0.4) is 0 Å². The van der Waals surface area contributed by atoms with Gasteiger partial charge in [0.1, 0.15) is 5.75 Å². The van der Waals surface area contributed by atoms with Crippen molar-refractivity contribution in [1.82, 2.24) is 4.98 Å². The van der Waals surface area contributed by atoms with Crippen molar-refractivity contribution >= 4 is 5.69 Å². The van der Waals surface area contributed by atoms with Crippen molar-refractivity contribution in [1.29, 1.82) is 0 Å². The average molecular weight is 284 g/mol. The first-order chi connectivity index (χ1) is 9.92. The van der Waals surface area contributed by atoms with Gasteiger partial charge in [-0.1, -0.05) is 6.07 Å². The predicted molar refractivity (Wildman–Crippen MR) is 88.2 cm³/mol. The number of pyridine rings is 1. The molecule has 0 spiro atoms. The highest BCUT2D eigenvalue weighted by molar-refractivity contribution is 5.59. The van der Waals surface area contributed by atoms with Gasteiger partial charge in [0.15, 0.2) is 0 Å². The number of nitrogens with one attached hydrogen (secondary N) is 1. The first kappa shape index (κ1) is 15.4. The molecule has 1 unspecified atom stereocenters. The molecule has 2 aromatic rings. The van der Waals surface area contributed by atoms with Crippen LogP contribution in [0.4, 0.5) is 5.69 Å². The lowest BCUT2D eigenvalue weighted by Gasteiger charge is -2.21. The summed E-state index contributed by atoms with van der Waals surface area (Å²) in [5, 5.41) is 3.54. The zero-order valence-corrected chi connectivity index (χ0v) is 13.7. The predicted octanol–water partition coefficient (Wildman–Crippen LogP) is 4.50. The quantitative estimate of drug-likeness (QED) is 0.897. The normalized spacial score (nSPS) is 12.1. The number of aromatic nitrogens is 1. The van der Waals surface area contributed by atoms with Crippen LogP contribution in [0.15, 0.2) is 24.3 Å². The van der Waals surface area contributed by atoms with Crippen LogP contribution in [0.25, 0.3) is 0 Å². The third-order valence-corrected chi connectivity index (χ3v) is 3.75. The van der Waals surface area contributed by atoms with E-state index in [4.69, 9.17) is 4.74 Å². The van der Waals surface area contributed by atoms with Crippen molar-refractivity contribution < 1.29 is 4.74 Å². The topological polar surface area (TPSA) is 34.1 Å². The summed E-state index contributed by atoms with van der Waals surface area (Å²) in [4.78, 5) is 4.58. The number of ether oxygens (including phenoxy) is 1. The Labute approximate surface area is 127 Å². The molecule has 1 aromatic heterocycles. The fourth-order valence-corrected chi connectivity index (χ4v) is 2.91. The zero-order chi connectivity index (χ0) is 15.6. The molecule has 0 aliphatic carbocycles. The number of anilines is 1. The summed E-state index contributed by atoms with van der Waals surface area (Å²) in [7, 11) is 1.70. The first-order valence-corrected chi connectivity index (χ1v) is 7.28. The Morgan fingerprint density at radius 2 is 1.81 bits per heavy atom. The molecule has 0 bridgehead atoms. The van der Waals surface area contributed by atoms with E-state index in [0.29, 0.717) is 0 Å². The molecular weight excluding hydrogens is 260 g/mol. The maximum atomic E-state index is 5.46. The number of aryl methyl sites for hydroxylation is 4. The Balaban J connectivity index is 2.32. The van der Waals surface area contributed by atoms with E-state index in [2.05, 4.69) is 56.2 Å². The lowest BCUT2D eigenvalue weighted by atomic mass is 10.00. The average Bonchev–Trinajstić information content (AvgIpc) is 2.39. The first-order valence-electron chi connectivity index (χ1n) is 7.28. The van der Waals surface area contributed by atoms with E-state index in [9.17, 15) is 0 Å². The van der Waals surface area contributed by atoms with Crippen LogP contribution in [0.5, 0.6) is 5.75 Å². The van der Waals surface area contributed by atoms with E-state index >= 15 is 0 Å². The SMILES string of the molecule is COc1cc(C)ccc1NC(C)c1c(C)cc(C)nc1C. The second kappa shape index (κ2) is 6.17. The molecule has 3 heteroatoms. The van der Waals surface area contributed by atoms with Crippen molar-refractivity contribution in [3.8, 4) is 5.75 Å². The summed E-state index contributed by atoms with van der Waals surface area (Å²) in [6.45, 7) is 10.5. The molecule has 1 N–H and O–H groups in total. The molecule has 0 saturated carbocycles. The van der Waals surface area contributed by atoms with E-state index in [0.717, 1.165) is 22.8 Å². The molecule has 0 fully saturated rings. The summed E-state index contributed by atoms with van der Waals surface area (Å²) in [6.07, 6.45) is 0. The maximum Gasteiger partial charge on any atom is 0.142 e. The van der Waals surface area contributed by atoms with Gasteiger partial charge < -0.3 is 10.1 Å². The van der Waals surface area contributed by atoms with Crippen LogP contribution >= 0.6 is 0 Å². The van der Waals surface area contributed by atoms with Crippen molar-refractivity contribution in [3.05, 3.63) is 52.3 Å². The minimum atomic E-state index is 0.176. The monoisotopic (exact) mass is 284 g/mol. The van der Waals surface area contributed by atoms with Gasteiger partial charge in [-0.15, -0.1) is 0 Å². The summed E-state index contributed by atoms with van der Waals surface area (Å²) in [5.41, 5.74) is 6.87. The minimum Gasteiger partial charge on any atom is -0.495 e. The van der Waals surface area contributed by atoms with Gasteiger partial charge in [0.25, 0.3) is 0 Å². The van der Waals surface area contributed by atoms with Crippen LogP contribution in [-0.2, 0) is 0 Å². The molecule has 3 nitrogen and oxygen atoms in total. The molecule has 0 amide bonds. The molecule has 2 rings (SSSR count). The third kappa shape index (κ3) is 3.35. The van der Waals surface area contributed by atoms with Crippen molar-refractivity contribution in [3.63, 3.8) is 0 Å². The number of hydrogen-bond acceptors (Lipinski definition) is 3. The van der Waals surface area contributed by atoms with Gasteiger partial charge in [-0.3, -0.25) is 4.98 Å². The Kier molecular flexibility index (Phi) is 4.51. The Morgan fingerprint density at radius 3 is 2.43 bits per heavy atom. The number of methoxy groups -OCH3 is 1. The van der Waals surface area contributed by atoms with E-state index in [-0.39, 0.29) is 6.04 Å². The molecule has 112 valence electrons. The van der Waals surface area contributed by atoms with Crippen LogP contribution in [-0.4, -0.2) is 12.1 Å². The van der Waals surface area contributed by atoms with Crippen LogP contribution in [0.2, 0.25) is 0 Å². The smallest absolute Gasteiger partial charge is 0.142 e. The zero-order valence-electron chi connectivity index (χ0n) is 13.7. The van der Waals surface area contributed by atoms with Gasteiger partial charge in [-0.05, 0) is 69.5 Å². The van der Waals surface area contributed by atoms with Crippen molar-refractivity contribution in [2.45, 2.75) is 40.7 Å². The molecule has 0 saturated heterocycles. The molecule has 0 radical (unpaired) electrons. The van der Waals surface area contributed by atoms with Gasteiger partial charge >= 0.3 is 0 Å². The van der Waals surface area contributed by atoms with E-state index in [1.165, 1.54) is 16.7 Å². The van der Waals surface area contributed by atoms with Crippen molar-refractivity contribution in [2.75, 3.05) is 12.4 Å². The summed E-state index contributed by atoms with van der Waals surface area (Å²) < 4.78 is 5.46. The third-order valence-electron chi connectivity index (χ3n) is 3.75. The van der Waals surface area contributed by atoms with Crippen molar-refractivity contribution in [2.24, 2.45) is 0 Å². The van der Waals surface area contributed by atoms with Gasteiger partial charge in [0.2, 0.25) is 0 Å². The number of hydrogen-bond donors (Lipinski definition) is 1. The minimum absolute atomic E-state index is 0.176. The van der Waals surface area contributed by atoms with E-state index in [1.807, 2.05) is 13.0 Å². The highest BCUT2D eigenvalue weighted by atomic mass is 16.5. The summed E-state index contributed by atoms with van der Waals surface area (Å²) in [6, 6.07) is 8.51. The van der Waals surface area contributed by atoms with E-state index < -0.39 is 0 Å². The number of rotatable bonds is 4. The second-order valence-electron chi connectivity index (χ2n) is 5.65. The molecule has 0 aliphatic rings. The Morgan fingerprint density at radius 1 is 1.10 bits per heavy atom. The largest absolute Gasteiger partial charge is 0.495 e. The number of benzene rings is 1. The molecule has 21 heavy (non-hydrogen) atoms. The standard InChI is InChI=1S/C18H24N2O/c1-11-7-8-16(17(9-11)21-6)20-15(5)18-12(2)10-13(3)19-14(18)4/h7-10,15,20H,1-6H3. The van der Waals surface area contributed by atoms with Gasteiger partial charge in [-0.2, -0.15) is 0 Å². The highest BCUT2D eigenvalue weighted by Gasteiger charge is 2.14. The van der Waals surface area contributed by atoms with E-state index in [1.54, 1.807) is 7.11 Å². The number of nitrogens with zero attached hydrogens (tertiary/aromatic N) is 1. The highest BCUT2D eigenvalue weighted by Crippen LogP contribution is 2.31. The van der Waals surface area contributed by atoms with Crippen LogP contribution in [0, 0.1) is 27.7 Å². The molecule has 1 atom stereocenters. The summed E-state index contributed by atoms with van der Waals surface area (Å²) >= 11 is 0. The molecule has 0 aliphatic heterocycles. The van der Waals surface area contributed by atoms with Gasteiger partial charge in [0, 0.05) is 11.4 Å². The Bertz CT molecular complexity index is 627. The fraction of sp³-hybridized carbons (Fsp3) is 0.389. The van der Waals surface area contributed by atoms with Crippen LogP contribution < -0.4 is 10.1 Å². The lowest BCUT2D eigenvalue weighted by Crippen LogP contribution is -2.12.